The van der Waals surface area contributed by atoms with E-state index in [0.717, 1.165) is 16.8 Å². The van der Waals surface area contributed by atoms with Gasteiger partial charge in [0.15, 0.2) is 0 Å². The van der Waals surface area contributed by atoms with E-state index in [9.17, 15) is 9.59 Å². The van der Waals surface area contributed by atoms with Crippen molar-refractivity contribution in [3.05, 3.63) is 64.6 Å². The number of nitrogens with one attached hydrogen (secondary N) is 2. The molecule has 0 fully saturated rings. The van der Waals surface area contributed by atoms with E-state index < -0.39 is 5.91 Å². The van der Waals surface area contributed by atoms with Crippen molar-refractivity contribution in [1.82, 2.24) is 9.97 Å². The molecule has 8 heteroatoms. The van der Waals surface area contributed by atoms with Gasteiger partial charge in [-0.3, -0.25) is 15.4 Å². The fourth-order valence-corrected chi connectivity index (χ4v) is 3.20. The number of nitrogens with zero attached hydrogens (tertiary/aromatic N) is 1. The molecule has 4 aromatic rings. The minimum Gasteiger partial charge on any atom is -0.383 e. The highest BCUT2D eigenvalue weighted by Gasteiger charge is 2.13. The van der Waals surface area contributed by atoms with Crippen LogP contribution >= 0.6 is 0 Å². The number of H-pyrrole nitrogens is 1. The highest BCUT2D eigenvalue weighted by atomic mass is 16.1. The van der Waals surface area contributed by atoms with E-state index in [-0.39, 0.29) is 11.4 Å². The molecule has 0 saturated carbocycles. The second-order valence-electron chi connectivity index (χ2n) is 6.35. The van der Waals surface area contributed by atoms with Crippen LogP contribution in [0.25, 0.3) is 32.8 Å². The first-order chi connectivity index (χ1) is 14.0. The lowest BCUT2D eigenvalue weighted by Crippen LogP contribution is -2.10. The minimum absolute atomic E-state index is 0.259. The number of rotatable bonds is 2. The summed E-state index contributed by atoms with van der Waals surface area (Å²) in [4.78, 5) is 30.6. The summed E-state index contributed by atoms with van der Waals surface area (Å²) in [7, 11) is 0. The zero-order valence-electron chi connectivity index (χ0n) is 15.1. The number of carbonyl (C=O) groups is 1. The molecule has 0 atom stereocenters. The van der Waals surface area contributed by atoms with Gasteiger partial charge in [0.05, 0.1) is 16.5 Å². The second-order valence-corrected chi connectivity index (χ2v) is 6.35. The molecule has 0 saturated heterocycles. The number of anilines is 2. The van der Waals surface area contributed by atoms with Crippen molar-refractivity contribution in [3.63, 3.8) is 0 Å². The average Bonchev–Trinajstić information content (AvgIpc) is 2.73. The predicted octanol–water partition coefficient (Wildman–Crippen LogP) is 1.45. The van der Waals surface area contributed by atoms with Gasteiger partial charge in [0.1, 0.15) is 5.82 Å². The van der Waals surface area contributed by atoms with E-state index in [0.29, 0.717) is 27.2 Å². The molecule has 0 aliphatic carbocycles. The molecule has 0 unspecified atom stereocenters. The Labute approximate surface area is 164 Å². The van der Waals surface area contributed by atoms with Gasteiger partial charge < -0.3 is 21.9 Å². The Morgan fingerprint density at radius 2 is 1.79 bits per heavy atom. The molecule has 8 nitrogen and oxygen atoms in total. The van der Waals surface area contributed by atoms with Crippen molar-refractivity contribution in [2.45, 2.75) is 0 Å². The van der Waals surface area contributed by atoms with Crippen LogP contribution in [-0.4, -0.2) is 15.9 Å². The Balaban J connectivity index is 2.03. The standard InChI is InChI=1S/C21H16N6O2/c22-17(28)8-4-13-10-25-21(29)18-16-9-12(11-1-5-14(27-24)6-2-11)3-7-15(16)20(23)26-19(13)18/h1-3,5-7,9-10,27H,24H2,(H2,22,28)(H2,23,26)(H,25,29). The summed E-state index contributed by atoms with van der Waals surface area (Å²) < 4.78 is 0. The Bertz CT molecular complexity index is 1390. The molecule has 8 N–H and O–H groups in total. The fraction of sp³-hybridized carbons (Fsp3) is 0. The maximum atomic E-state index is 12.6. The quantitative estimate of drug-likeness (QED) is 0.153. The fourth-order valence-electron chi connectivity index (χ4n) is 3.20. The molecule has 29 heavy (non-hydrogen) atoms. The van der Waals surface area contributed by atoms with Crippen molar-refractivity contribution < 1.29 is 4.79 Å². The number of nitrogen functional groups attached to an aromatic ring is 2. The van der Waals surface area contributed by atoms with Crippen molar-refractivity contribution in [1.29, 1.82) is 0 Å². The van der Waals surface area contributed by atoms with Gasteiger partial charge in [-0.25, -0.2) is 4.98 Å². The summed E-state index contributed by atoms with van der Waals surface area (Å²) in [6.45, 7) is 0. The van der Waals surface area contributed by atoms with Crippen LogP contribution in [-0.2, 0) is 4.79 Å². The molecular formula is C21H16N6O2. The molecule has 142 valence electrons. The van der Waals surface area contributed by atoms with Gasteiger partial charge in [0.2, 0.25) is 0 Å². The third-order valence-corrected chi connectivity index (χ3v) is 4.57. The third kappa shape index (κ3) is 3.22. The van der Waals surface area contributed by atoms with E-state index >= 15 is 0 Å². The van der Waals surface area contributed by atoms with Crippen LogP contribution in [0.3, 0.4) is 0 Å². The Hall–Kier alpha value is -4.35. The van der Waals surface area contributed by atoms with E-state index in [1.165, 1.54) is 6.20 Å². The normalized spacial score (nSPS) is 10.5. The molecular weight excluding hydrogens is 368 g/mol. The Morgan fingerprint density at radius 1 is 1.07 bits per heavy atom. The highest BCUT2D eigenvalue weighted by molar-refractivity contribution is 6.11. The lowest BCUT2D eigenvalue weighted by Gasteiger charge is -2.10. The summed E-state index contributed by atoms with van der Waals surface area (Å²) in [6, 6.07) is 13.1. The molecule has 2 heterocycles. The lowest BCUT2D eigenvalue weighted by atomic mass is 9.98. The molecule has 2 aromatic carbocycles. The van der Waals surface area contributed by atoms with Gasteiger partial charge in [0, 0.05) is 28.6 Å². The number of hydrazine groups is 1. The first-order valence-electron chi connectivity index (χ1n) is 8.61. The molecule has 0 aliphatic heterocycles. The largest absolute Gasteiger partial charge is 0.383 e. The van der Waals surface area contributed by atoms with Gasteiger partial charge in [-0.2, -0.15) is 0 Å². The Morgan fingerprint density at radius 3 is 2.48 bits per heavy atom. The van der Waals surface area contributed by atoms with E-state index in [1.54, 1.807) is 0 Å². The number of benzene rings is 2. The zero-order valence-corrected chi connectivity index (χ0v) is 15.1. The summed E-state index contributed by atoms with van der Waals surface area (Å²) >= 11 is 0. The first-order valence-corrected chi connectivity index (χ1v) is 8.61. The SMILES string of the molecule is NNc1ccc(-c2ccc3c(N)nc4c(C#CC(N)=O)c[nH]c(=O)c4c3c2)cc1. The van der Waals surface area contributed by atoms with E-state index in [4.69, 9.17) is 17.3 Å². The number of aromatic amines is 1. The summed E-state index contributed by atoms with van der Waals surface area (Å²) in [5.41, 5.74) is 16.8. The minimum atomic E-state index is -0.782. The van der Waals surface area contributed by atoms with Crippen LogP contribution in [0.1, 0.15) is 5.56 Å². The predicted molar refractivity (Wildman–Crippen MR) is 114 cm³/mol. The number of hydrogen-bond acceptors (Lipinski definition) is 6. The molecule has 1 amide bonds. The topological polar surface area (TPSA) is 153 Å². The van der Waals surface area contributed by atoms with Crippen LogP contribution < -0.4 is 28.3 Å². The molecule has 0 radical (unpaired) electrons. The monoisotopic (exact) mass is 384 g/mol. The summed E-state index contributed by atoms with van der Waals surface area (Å²) in [5, 5.41) is 1.62. The van der Waals surface area contributed by atoms with Crippen LogP contribution in [0.4, 0.5) is 11.5 Å². The number of hydrogen-bond donors (Lipinski definition) is 5. The average molecular weight is 384 g/mol. The number of nitrogens with two attached hydrogens (primary N) is 3. The van der Waals surface area contributed by atoms with Gasteiger partial charge in [0.25, 0.3) is 11.5 Å². The van der Waals surface area contributed by atoms with Crippen LogP contribution in [0.15, 0.2) is 53.5 Å². The number of aromatic nitrogens is 2. The Kier molecular flexibility index (Phi) is 4.35. The van der Waals surface area contributed by atoms with Crippen molar-refractivity contribution in [2.24, 2.45) is 11.6 Å². The number of fused-ring (bicyclic) bond motifs is 3. The van der Waals surface area contributed by atoms with Gasteiger partial charge in [-0.05, 0) is 29.3 Å². The molecule has 0 aliphatic rings. The molecule has 0 spiro atoms. The second kappa shape index (κ2) is 6.99. The highest BCUT2D eigenvalue weighted by Crippen LogP contribution is 2.31. The van der Waals surface area contributed by atoms with Crippen molar-refractivity contribution >= 4 is 39.1 Å². The molecule has 4 rings (SSSR count). The summed E-state index contributed by atoms with van der Waals surface area (Å²) in [6.07, 6.45) is 1.39. The number of carbonyl (C=O) groups excluding carboxylic acids is 1. The maximum Gasteiger partial charge on any atom is 0.293 e. The first kappa shape index (κ1) is 18.0. The third-order valence-electron chi connectivity index (χ3n) is 4.57. The van der Waals surface area contributed by atoms with Crippen molar-refractivity contribution in [3.8, 4) is 23.0 Å². The maximum absolute atomic E-state index is 12.6. The van der Waals surface area contributed by atoms with Crippen molar-refractivity contribution in [2.75, 3.05) is 11.2 Å². The number of amides is 1. The van der Waals surface area contributed by atoms with Gasteiger partial charge >= 0.3 is 0 Å². The number of primary amides is 1. The lowest BCUT2D eigenvalue weighted by molar-refractivity contribution is -0.112. The van der Waals surface area contributed by atoms with Crippen LogP contribution in [0.2, 0.25) is 0 Å². The zero-order chi connectivity index (χ0) is 20.5. The summed E-state index contributed by atoms with van der Waals surface area (Å²) in [5.74, 6) is 9.79. The van der Waals surface area contributed by atoms with Gasteiger partial charge in [-0.15, -0.1) is 0 Å². The smallest absolute Gasteiger partial charge is 0.293 e. The van der Waals surface area contributed by atoms with E-state index in [1.807, 2.05) is 42.5 Å². The number of pyridine rings is 2. The van der Waals surface area contributed by atoms with Crippen LogP contribution in [0, 0.1) is 11.8 Å². The van der Waals surface area contributed by atoms with E-state index in [2.05, 4.69) is 27.2 Å². The molecule has 0 bridgehead atoms. The van der Waals surface area contributed by atoms with Crippen LogP contribution in [0.5, 0.6) is 0 Å². The molecule has 2 aromatic heterocycles. The van der Waals surface area contributed by atoms with Gasteiger partial charge in [-0.1, -0.05) is 30.2 Å².